The number of aryl methyl sites for hydroxylation is 2. The van der Waals surface area contributed by atoms with Crippen molar-refractivity contribution in [2.45, 2.75) is 27.4 Å². The van der Waals surface area contributed by atoms with Gasteiger partial charge in [-0.3, -0.25) is 14.9 Å². The number of nitro benzene ring substituents is 1. The predicted molar refractivity (Wildman–Crippen MR) is 121 cm³/mol. The Bertz CT molecular complexity index is 1250. The Hall–Kier alpha value is -4.45. The topological polar surface area (TPSA) is 120 Å². The Morgan fingerprint density at radius 2 is 1.88 bits per heavy atom. The summed E-state index contributed by atoms with van der Waals surface area (Å²) in [5.41, 5.74) is 2.62. The van der Waals surface area contributed by atoms with Crippen LogP contribution in [0.2, 0.25) is 0 Å². The van der Waals surface area contributed by atoms with Crippen LogP contribution in [0.1, 0.15) is 34.2 Å². The lowest BCUT2D eigenvalue weighted by Gasteiger charge is -2.13. The molecule has 0 radical (unpaired) electrons. The third-order valence-corrected chi connectivity index (χ3v) is 4.67. The largest absolute Gasteiger partial charge is 0.490 e. The highest BCUT2D eigenvalue weighted by Crippen LogP contribution is 2.30. The second-order valence-corrected chi connectivity index (χ2v) is 7.17. The summed E-state index contributed by atoms with van der Waals surface area (Å²) in [7, 11) is 0. The molecule has 9 heteroatoms. The van der Waals surface area contributed by atoms with Gasteiger partial charge < -0.3 is 9.47 Å². The van der Waals surface area contributed by atoms with Crippen LogP contribution in [0.5, 0.6) is 11.5 Å². The highest BCUT2D eigenvalue weighted by molar-refractivity contribution is 6.03. The fourth-order valence-electron chi connectivity index (χ4n) is 3.13. The van der Waals surface area contributed by atoms with Gasteiger partial charge in [-0.15, -0.1) is 0 Å². The standard InChI is InChI=1S/C24H22N4O5/c1-4-32-23-13-19(12-20(14-25)24(29)27-17(3)11-16(2)26-27)7-10-22(23)33-15-18-5-8-21(9-6-18)28(30)31/h5-13H,4,15H2,1-3H3/b20-12+. The molecule has 2 aromatic carbocycles. The first-order valence-corrected chi connectivity index (χ1v) is 10.1. The van der Waals surface area contributed by atoms with Gasteiger partial charge in [0.2, 0.25) is 0 Å². The number of carbonyl (C=O) groups excluding carboxylic acids is 1. The van der Waals surface area contributed by atoms with E-state index in [1.165, 1.54) is 22.9 Å². The molecule has 0 amide bonds. The van der Waals surface area contributed by atoms with Gasteiger partial charge in [-0.2, -0.15) is 10.4 Å². The van der Waals surface area contributed by atoms with E-state index in [2.05, 4.69) is 5.10 Å². The molecule has 0 unspecified atom stereocenters. The molecule has 0 aliphatic rings. The zero-order valence-electron chi connectivity index (χ0n) is 18.4. The molecule has 0 fully saturated rings. The molecule has 0 aliphatic carbocycles. The van der Waals surface area contributed by atoms with Gasteiger partial charge in [-0.05, 0) is 68.3 Å². The van der Waals surface area contributed by atoms with Gasteiger partial charge >= 0.3 is 0 Å². The van der Waals surface area contributed by atoms with E-state index in [9.17, 15) is 20.2 Å². The summed E-state index contributed by atoms with van der Waals surface area (Å²) in [4.78, 5) is 23.1. The minimum Gasteiger partial charge on any atom is -0.490 e. The number of allylic oxidation sites excluding steroid dienone is 1. The van der Waals surface area contributed by atoms with Crippen LogP contribution in [0, 0.1) is 35.3 Å². The van der Waals surface area contributed by atoms with Crippen LogP contribution in [0.3, 0.4) is 0 Å². The van der Waals surface area contributed by atoms with E-state index in [0.29, 0.717) is 35.1 Å². The molecule has 9 nitrogen and oxygen atoms in total. The first-order chi connectivity index (χ1) is 15.8. The van der Waals surface area contributed by atoms with E-state index in [4.69, 9.17) is 9.47 Å². The zero-order chi connectivity index (χ0) is 24.0. The molecule has 0 bridgehead atoms. The quantitative estimate of drug-likeness (QED) is 0.214. The van der Waals surface area contributed by atoms with E-state index in [0.717, 1.165) is 5.56 Å². The van der Waals surface area contributed by atoms with Crippen molar-refractivity contribution >= 4 is 17.7 Å². The van der Waals surface area contributed by atoms with Gasteiger partial charge in [0.15, 0.2) is 11.5 Å². The van der Waals surface area contributed by atoms with Crippen molar-refractivity contribution in [1.29, 1.82) is 5.26 Å². The fourth-order valence-corrected chi connectivity index (χ4v) is 3.13. The van der Waals surface area contributed by atoms with Crippen molar-refractivity contribution in [3.05, 3.63) is 86.7 Å². The number of carbonyl (C=O) groups is 1. The van der Waals surface area contributed by atoms with Gasteiger partial charge in [0.1, 0.15) is 18.2 Å². The van der Waals surface area contributed by atoms with Gasteiger partial charge in [-0.1, -0.05) is 6.07 Å². The van der Waals surface area contributed by atoms with Crippen molar-refractivity contribution in [3.63, 3.8) is 0 Å². The SMILES string of the molecule is CCOc1cc(/C=C(\C#N)C(=O)n2nc(C)cc2C)ccc1OCc1ccc([N+](=O)[O-])cc1. The molecule has 1 aromatic heterocycles. The van der Waals surface area contributed by atoms with Gasteiger partial charge in [-0.25, -0.2) is 4.68 Å². The summed E-state index contributed by atoms with van der Waals surface area (Å²) < 4.78 is 12.7. The molecule has 0 spiro atoms. The summed E-state index contributed by atoms with van der Waals surface area (Å²) in [5.74, 6) is 0.402. The maximum Gasteiger partial charge on any atom is 0.289 e. The molecular weight excluding hydrogens is 424 g/mol. The summed E-state index contributed by atoms with van der Waals surface area (Å²) in [6.45, 7) is 5.92. The average molecular weight is 446 g/mol. The summed E-state index contributed by atoms with van der Waals surface area (Å²) in [5, 5.41) is 24.5. The number of benzene rings is 2. The van der Waals surface area contributed by atoms with Crippen LogP contribution in [-0.4, -0.2) is 27.2 Å². The van der Waals surface area contributed by atoms with Crippen molar-refractivity contribution in [2.24, 2.45) is 0 Å². The van der Waals surface area contributed by atoms with Crippen LogP contribution in [-0.2, 0) is 6.61 Å². The van der Waals surface area contributed by atoms with Crippen molar-refractivity contribution in [2.75, 3.05) is 6.61 Å². The van der Waals surface area contributed by atoms with Crippen molar-refractivity contribution in [3.8, 4) is 17.6 Å². The second-order valence-electron chi connectivity index (χ2n) is 7.17. The average Bonchev–Trinajstić information content (AvgIpc) is 3.14. The Kier molecular flexibility index (Phi) is 7.20. The maximum absolute atomic E-state index is 12.7. The number of hydrogen-bond acceptors (Lipinski definition) is 7. The zero-order valence-corrected chi connectivity index (χ0v) is 18.4. The summed E-state index contributed by atoms with van der Waals surface area (Å²) in [6, 6.07) is 14.9. The highest BCUT2D eigenvalue weighted by Gasteiger charge is 2.16. The lowest BCUT2D eigenvalue weighted by Crippen LogP contribution is -2.15. The third-order valence-electron chi connectivity index (χ3n) is 4.67. The molecule has 3 rings (SSSR count). The fraction of sp³-hybridized carbons (Fsp3) is 0.208. The summed E-state index contributed by atoms with van der Waals surface area (Å²) >= 11 is 0. The maximum atomic E-state index is 12.7. The Balaban J connectivity index is 1.82. The Morgan fingerprint density at radius 3 is 2.45 bits per heavy atom. The number of nitro groups is 1. The first kappa shape index (κ1) is 23.2. The first-order valence-electron chi connectivity index (χ1n) is 10.1. The monoisotopic (exact) mass is 446 g/mol. The molecule has 0 saturated carbocycles. The third kappa shape index (κ3) is 5.62. The summed E-state index contributed by atoms with van der Waals surface area (Å²) in [6.07, 6.45) is 1.47. The number of hydrogen-bond donors (Lipinski definition) is 0. The Labute approximate surface area is 190 Å². The van der Waals surface area contributed by atoms with Crippen LogP contribution < -0.4 is 9.47 Å². The van der Waals surface area contributed by atoms with Gasteiger partial charge in [0.05, 0.1) is 17.2 Å². The van der Waals surface area contributed by atoms with Crippen LogP contribution in [0.25, 0.3) is 6.08 Å². The molecule has 3 aromatic rings. The van der Waals surface area contributed by atoms with Crippen molar-refractivity contribution < 1.29 is 19.2 Å². The van der Waals surface area contributed by atoms with E-state index < -0.39 is 10.8 Å². The molecule has 168 valence electrons. The number of ether oxygens (including phenoxy) is 2. The van der Waals surface area contributed by atoms with E-state index in [1.807, 2.05) is 13.0 Å². The molecule has 0 atom stereocenters. The number of non-ortho nitro benzene ring substituents is 1. The predicted octanol–water partition coefficient (Wildman–Crippen LogP) is 4.63. The van der Waals surface area contributed by atoms with E-state index in [1.54, 1.807) is 50.2 Å². The number of aromatic nitrogens is 2. The molecular formula is C24H22N4O5. The smallest absolute Gasteiger partial charge is 0.289 e. The van der Waals surface area contributed by atoms with Gasteiger partial charge in [0, 0.05) is 17.8 Å². The van der Waals surface area contributed by atoms with Crippen molar-refractivity contribution in [1.82, 2.24) is 9.78 Å². The lowest BCUT2D eigenvalue weighted by molar-refractivity contribution is -0.384. The van der Waals surface area contributed by atoms with Crippen LogP contribution in [0.4, 0.5) is 5.69 Å². The number of nitrogens with zero attached hydrogens (tertiary/aromatic N) is 4. The molecule has 33 heavy (non-hydrogen) atoms. The minimum absolute atomic E-state index is 0.00760. The van der Waals surface area contributed by atoms with E-state index >= 15 is 0 Å². The lowest BCUT2D eigenvalue weighted by atomic mass is 10.1. The molecule has 0 aliphatic heterocycles. The molecule has 0 saturated heterocycles. The second kappa shape index (κ2) is 10.2. The normalized spacial score (nSPS) is 11.0. The number of nitriles is 1. The molecule has 1 heterocycles. The number of rotatable bonds is 8. The van der Waals surface area contributed by atoms with Gasteiger partial charge in [0.25, 0.3) is 11.6 Å². The highest BCUT2D eigenvalue weighted by atomic mass is 16.6. The Morgan fingerprint density at radius 1 is 1.15 bits per heavy atom. The van der Waals surface area contributed by atoms with Crippen LogP contribution in [0.15, 0.2) is 54.1 Å². The van der Waals surface area contributed by atoms with Crippen LogP contribution >= 0.6 is 0 Å². The molecule has 0 N–H and O–H groups in total. The minimum atomic E-state index is -0.514. The van der Waals surface area contributed by atoms with E-state index in [-0.39, 0.29) is 17.9 Å².